The van der Waals surface area contributed by atoms with Crippen LogP contribution in [0.3, 0.4) is 0 Å². The number of rotatable bonds is 12. The van der Waals surface area contributed by atoms with Crippen molar-refractivity contribution >= 4 is 10.4 Å². The first-order valence-electron chi connectivity index (χ1n) is 18.3. The molecule has 5 aliphatic rings. The number of ether oxygens (including phenoxy) is 3. The summed E-state index contributed by atoms with van der Waals surface area (Å²) in [7, 11) is -3.58. The topological polar surface area (TPSA) is 213 Å². The molecule has 0 spiro atoms. The molecule has 49 heavy (non-hydrogen) atoms. The highest BCUT2D eigenvalue weighted by atomic mass is 32.3. The predicted molar refractivity (Wildman–Crippen MR) is 177 cm³/mol. The van der Waals surface area contributed by atoms with Crippen molar-refractivity contribution in [2.45, 2.75) is 147 Å². The molecule has 1 aliphatic heterocycles. The number of hydrogen-bond acceptors (Lipinski definition) is 12. The lowest BCUT2D eigenvalue weighted by Gasteiger charge is -2.66. The second-order valence-electron chi connectivity index (χ2n) is 17.0. The van der Waals surface area contributed by atoms with E-state index in [1.807, 2.05) is 13.8 Å². The molecular weight excluding hydrogens is 660 g/mol. The Balaban J connectivity index is 1.41. The zero-order valence-electron chi connectivity index (χ0n) is 29.9. The molecule has 0 aromatic heterocycles. The van der Waals surface area contributed by atoms with E-state index in [2.05, 4.69) is 20.8 Å². The van der Waals surface area contributed by atoms with Gasteiger partial charge in [0.25, 0.3) is 0 Å². The minimum absolute atomic E-state index is 0.0541. The summed E-state index contributed by atoms with van der Waals surface area (Å²) in [6.45, 7) is 10.3. The van der Waals surface area contributed by atoms with Crippen molar-refractivity contribution in [3.8, 4) is 0 Å². The number of aliphatic hydroxyl groups is 6. The summed E-state index contributed by atoms with van der Waals surface area (Å²) < 4.78 is 57.1. The van der Waals surface area contributed by atoms with Gasteiger partial charge in [-0.3, -0.25) is 4.55 Å². The van der Waals surface area contributed by atoms with Crippen LogP contribution in [0.2, 0.25) is 0 Å². The third-order valence-electron chi connectivity index (χ3n) is 14.1. The maximum atomic E-state index is 12.9. The Labute approximate surface area is 291 Å². The van der Waals surface area contributed by atoms with Gasteiger partial charge in [-0.2, -0.15) is 8.42 Å². The molecule has 5 rings (SSSR count). The number of methoxy groups -OCH3 is 1. The van der Waals surface area contributed by atoms with Gasteiger partial charge in [0.15, 0.2) is 6.29 Å². The Morgan fingerprint density at radius 1 is 0.918 bits per heavy atom. The minimum Gasteiger partial charge on any atom is -0.396 e. The van der Waals surface area contributed by atoms with Gasteiger partial charge in [0.2, 0.25) is 0 Å². The van der Waals surface area contributed by atoms with Gasteiger partial charge in [0.05, 0.1) is 30.5 Å². The molecule has 8 unspecified atom stereocenters. The molecule has 5 fully saturated rings. The molecule has 7 N–H and O–H groups in total. The zero-order valence-corrected chi connectivity index (χ0v) is 30.7. The fourth-order valence-electron chi connectivity index (χ4n) is 11.8. The first kappa shape index (κ1) is 39.7. The summed E-state index contributed by atoms with van der Waals surface area (Å²) in [6.07, 6.45) is -3.10. The van der Waals surface area contributed by atoms with Crippen LogP contribution in [0, 0.1) is 52.3 Å². The van der Waals surface area contributed by atoms with Crippen LogP contribution in [0.5, 0.6) is 0 Å². The summed E-state index contributed by atoms with van der Waals surface area (Å²) in [4.78, 5) is 0. The fraction of sp³-hybridized carbons (Fsp3) is 1.00. The Bertz CT molecular complexity index is 1240. The van der Waals surface area contributed by atoms with E-state index in [1.54, 1.807) is 0 Å². The van der Waals surface area contributed by atoms with Crippen LogP contribution in [0.25, 0.3) is 0 Å². The lowest BCUT2D eigenvalue weighted by molar-refractivity contribution is -0.303. The van der Waals surface area contributed by atoms with Crippen molar-refractivity contribution in [3.05, 3.63) is 0 Å². The normalized spacial score (nSPS) is 48.4. The average molecular weight is 723 g/mol. The third-order valence-corrected chi connectivity index (χ3v) is 14.6. The molecule has 1 saturated heterocycles. The molecule has 0 radical (unpaired) electrons. The molecule has 14 heteroatoms. The highest BCUT2D eigenvalue weighted by Gasteiger charge is 2.73. The average Bonchev–Trinajstić information content (AvgIpc) is 3.22. The van der Waals surface area contributed by atoms with Crippen LogP contribution in [-0.4, -0.2) is 119 Å². The van der Waals surface area contributed by atoms with Gasteiger partial charge >= 0.3 is 10.4 Å². The van der Waals surface area contributed by atoms with E-state index < -0.39 is 81.6 Å². The zero-order chi connectivity index (χ0) is 36.3. The number of fused-ring (bicyclic) bond motifs is 5. The van der Waals surface area contributed by atoms with E-state index >= 15 is 0 Å². The quantitative estimate of drug-likeness (QED) is 0.114. The van der Waals surface area contributed by atoms with Gasteiger partial charge in [0, 0.05) is 26.1 Å². The summed E-state index contributed by atoms with van der Waals surface area (Å²) >= 11 is 0. The second kappa shape index (κ2) is 14.7. The fourth-order valence-corrected chi connectivity index (χ4v) is 12.3. The lowest BCUT2D eigenvalue weighted by Crippen LogP contribution is -2.69. The smallest absolute Gasteiger partial charge is 0.396 e. The van der Waals surface area contributed by atoms with Gasteiger partial charge in [-0.1, -0.05) is 41.0 Å². The summed E-state index contributed by atoms with van der Waals surface area (Å²) in [5, 5.41) is 66.7. The Morgan fingerprint density at radius 2 is 1.59 bits per heavy atom. The molecule has 1 heterocycles. The highest BCUT2D eigenvalue weighted by Crippen LogP contribution is 2.70. The van der Waals surface area contributed by atoms with E-state index in [1.165, 1.54) is 7.11 Å². The Kier molecular flexibility index (Phi) is 11.9. The SMILES string of the molecule is COC1C(O[C@H]2CC[C@@]3(C)C(C2)[C@H](O)C[C@]2(O)C3CC[C@@]3(C)C2C(OS(=O)(=O)O)[C@H](O)[C@@H]3[C@H](C)CC[C@H](CCO)C(C)C)OCC(O)C1O. The molecule has 0 aromatic rings. The van der Waals surface area contributed by atoms with Gasteiger partial charge < -0.3 is 44.8 Å². The number of aliphatic hydroxyl groups excluding tert-OH is 5. The molecule has 0 bridgehead atoms. The van der Waals surface area contributed by atoms with Crippen molar-refractivity contribution in [2.75, 3.05) is 20.3 Å². The molecule has 4 saturated carbocycles. The van der Waals surface area contributed by atoms with Gasteiger partial charge in [-0.15, -0.1) is 0 Å². The van der Waals surface area contributed by atoms with E-state index in [9.17, 15) is 43.6 Å². The van der Waals surface area contributed by atoms with Crippen molar-refractivity contribution in [3.63, 3.8) is 0 Å². The highest BCUT2D eigenvalue weighted by molar-refractivity contribution is 7.80. The standard InChI is InChI=1S/C35H62O13S/c1-18(2)20(11-14-36)8-7-19(3)26-28(40)29(48-49(42,43)44)31-34(26,5)13-10-25-33(4)12-9-21(15-22(33)23(37)16-35(25,31)41)47-32-30(45-6)27(39)24(38)17-46-32/h18-32,36-41H,7-17H2,1-6H3,(H,42,43,44)/t19-,20-,21+,22?,23-,24?,25?,26+,27?,28-,29?,30?,31?,32?,33+,34-,35+/m1/s1. The van der Waals surface area contributed by atoms with Crippen LogP contribution in [0.1, 0.15) is 92.4 Å². The summed E-state index contributed by atoms with van der Waals surface area (Å²) in [5.74, 6) is -1.40. The largest absolute Gasteiger partial charge is 0.397 e. The molecule has 4 aliphatic carbocycles. The first-order chi connectivity index (χ1) is 22.8. The predicted octanol–water partition coefficient (Wildman–Crippen LogP) is 2.05. The Morgan fingerprint density at radius 3 is 2.20 bits per heavy atom. The van der Waals surface area contributed by atoms with Crippen molar-refractivity contribution < 1.29 is 62.0 Å². The molecule has 0 amide bonds. The number of hydrogen-bond donors (Lipinski definition) is 7. The van der Waals surface area contributed by atoms with Crippen LogP contribution in [-0.2, 0) is 28.8 Å². The van der Waals surface area contributed by atoms with Crippen molar-refractivity contribution in [1.82, 2.24) is 0 Å². The molecule has 17 atom stereocenters. The second-order valence-corrected chi connectivity index (χ2v) is 18.1. The summed E-state index contributed by atoms with van der Waals surface area (Å²) in [6, 6.07) is 0. The third kappa shape index (κ3) is 7.25. The van der Waals surface area contributed by atoms with Gasteiger partial charge in [0.1, 0.15) is 24.4 Å². The molecule has 13 nitrogen and oxygen atoms in total. The van der Waals surface area contributed by atoms with Crippen LogP contribution in [0.4, 0.5) is 0 Å². The van der Waals surface area contributed by atoms with Crippen molar-refractivity contribution in [1.29, 1.82) is 0 Å². The van der Waals surface area contributed by atoms with Gasteiger partial charge in [-0.05, 0) is 91.3 Å². The van der Waals surface area contributed by atoms with Crippen molar-refractivity contribution in [2.24, 2.45) is 52.3 Å². The van der Waals surface area contributed by atoms with E-state index in [-0.39, 0.29) is 49.4 Å². The monoisotopic (exact) mass is 722 g/mol. The van der Waals surface area contributed by atoms with E-state index in [0.29, 0.717) is 44.4 Å². The molecular formula is C35H62O13S. The van der Waals surface area contributed by atoms with E-state index in [0.717, 1.165) is 12.8 Å². The maximum Gasteiger partial charge on any atom is 0.397 e. The maximum absolute atomic E-state index is 12.9. The van der Waals surface area contributed by atoms with Crippen LogP contribution >= 0.6 is 0 Å². The lowest BCUT2D eigenvalue weighted by atomic mass is 9.41. The minimum atomic E-state index is -5.00. The molecule has 286 valence electrons. The van der Waals surface area contributed by atoms with Crippen LogP contribution in [0.15, 0.2) is 0 Å². The first-order valence-corrected chi connectivity index (χ1v) is 19.7. The van der Waals surface area contributed by atoms with Gasteiger partial charge in [-0.25, -0.2) is 4.18 Å². The molecule has 0 aromatic carbocycles. The van der Waals surface area contributed by atoms with Crippen LogP contribution < -0.4 is 0 Å². The summed E-state index contributed by atoms with van der Waals surface area (Å²) in [5.41, 5.74) is -2.92. The Hall–Kier alpha value is -0.490. The van der Waals surface area contributed by atoms with E-state index in [4.69, 9.17) is 18.4 Å².